The topological polar surface area (TPSA) is 42.1 Å². The van der Waals surface area contributed by atoms with Gasteiger partial charge in [0, 0.05) is 22.7 Å². The summed E-state index contributed by atoms with van der Waals surface area (Å²) in [4.78, 5) is 13.4. The number of ether oxygens (including phenoxy) is 1. The molecule has 0 spiro atoms. The lowest BCUT2D eigenvalue weighted by Crippen LogP contribution is -2.20. The minimum Gasteiger partial charge on any atom is -0.405 e. The van der Waals surface area contributed by atoms with Crippen molar-refractivity contribution in [3.8, 4) is 5.75 Å². The van der Waals surface area contributed by atoms with Gasteiger partial charge in [0.2, 0.25) is 0 Å². The SMILES string of the molecule is Cc1c(OC(F)(F)F)cc(=O)[nH]c1CBr. The number of nitrogens with one attached hydrogen (secondary N) is 1. The quantitative estimate of drug-likeness (QED) is 0.849. The third-order valence-corrected chi connectivity index (χ3v) is 2.28. The normalized spacial score (nSPS) is 11.5. The number of aromatic nitrogens is 1. The van der Waals surface area contributed by atoms with Crippen molar-refractivity contribution in [3.05, 3.63) is 27.7 Å². The monoisotopic (exact) mass is 285 g/mol. The third kappa shape index (κ3) is 3.26. The molecule has 0 saturated carbocycles. The number of rotatable bonds is 2. The predicted octanol–water partition coefficient (Wildman–Crippen LogP) is 2.48. The van der Waals surface area contributed by atoms with Crippen LogP contribution >= 0.6 is 15.9 Å². The smallest absolute Gasteiger partial charge is 0.405 e. The predicted molar refractivity (Wildman–Crippen MR) is 51.1 cm³/mol. The van der Waals surface area contributed by atoms with Crippen LogP contribution < -0.4 is 10.3 Å². The lowest BCUT2D eigenvalue weighted by atomic mass is 10.2. The molecule has 1 N–H and O–H groups in total. The molecule has 0 unspecified atom stereocenters. The van der Waals surface area contributed by atoms with E-state index in [4.69, 9.17) is 0 Å². The number of alkyl halides is 4. The van der Waals surface area contributed by atoms with E-state index in [0.717, 1.165) is 6.07 Å². The van der Waals surface area contributed by atoms with Gasteiger partial charge in [-0.2, -0.15) is 0 Å². The van der Waals surface area contributed by atoms with Crippen LogP contribution in [0.2, 0.25) is 0 Å². The van der Waals surface area contributed by atoms with Gasteiger partial charge in [-0.3, -0.25) is 4.79 Å². The summed E-state index contributed by atoms with van der Waals surface area (Å²) in [6, 6.07) is 0.773. The minimum absolute atomic E-state index is 0.253. The number of halogens is 4. The van der Waals surface area contributed by atoms with E-state index < -0.39 is 17.7 Å². The average molecular weight is 286 g/mol. The molecule has 0 aliphatic rings. The van der Waals surface area contributed by atoms with Crippen LogP contribution in [0, 0.1) is 6.92 Å². The van der Waals surface area contributed by atoms with Gasteiger partial charge in [0.05, 0.1) is 0 Å². The van der Waals surface area contributed by atoms with Gasteiger partial charge in [-0.25, -0.2) is 0 Å². The molecule has 0 amide bonds. The van der Waals surface area contributed by atoms with E-state index in [1.54, 1.807) is 0 Å². The first-order valence-electron chi connectivity index (χ1n) is 3.88. The molecule has 7 heteroatoms. The fourth-order valence-corrected chi connectivity index (χ4v) is 1.58. The van der Waals surface area contributed by atoms with Gasteiger partial charge in [-0.05, 0) is 6.92 Å². The lowest BCUT2D eigenvalue weighted by molar-refractivity contribution is -0.274. The van der Waals surface area contributed by atoms with Crippen LogP contribution in [-0.4, -0.2) is 11.3 Å². The number of hydrogen-bond acceptors (Lipinski definition) is 2. The maximum atomic E-state index is 11.9. The summed E-state index contributed by atoms with van der Waals surface area (Å²) < 4.78 is 39.5. The first-order valence-corrected chi connectivity index (χ1v) is 5.00. The Morgan fingerprint density at radius 3 is 2.60 bits per heavy atom. The fraction of sp³-hybridized carbons (Fsp3) is 0.375. The van der Waals surface area contributed by atoms with Crippen LogP contribution in [-0.2, 0) is 5.33 Å². The Balaban J connectivity index is 3.18. The van der Waals surface area contributed by atoms with Crippen LogP contribution in [0.4, 0.5) is 13.2 Å². The number of hydrogen-bond donors (Lipinski definition) is 1. The Kier molecular flexibility index (Phi) is 3.43. The maximum absolute atomic E-state index is 11.9. The minimum atomic E-state index is -4.79. The Bertz CT molecular complexity index is 413. The highest BCUT2D eigenvalue weighted by Crippen LogP contribution is 2.26. The first-order chi connectivity index (χ1) is 6.83. The van der Waals surface area contributed by atoms with E-state index in [1.807, 2.05) is 0 Å². The van der Waals surface area contributed by atoms with E-state index in [1.165, 1.54) is 6.92 Å². The summed E-state index contributed by atoms with van der Waals surface area (Å²) in [5.74, 6) is -0.472. The van der Waals surface area contributed by atoms with Crippen LogP contribution in [0.3, 0.4) is 0 Å². The van der Waals surface area contributed by atoms with E-state index in [9.17, 15) is 18.0 Å². The van der Waals surface area contributed by atoms with Crippen LogP contribution in [0.5, 0.6) is 5.75 Å². The second-order valence-corrected chi connectivity index (χ2v) is 3.34. The molecule has 1 aromatic heterocycles. The Hall–Kier alpha value is -0.980. The van der Waals surface area contributed by atoms with E-state index in [0.29, 0.717) is 5.69 Å². The summed E-state index contributed by atoms with van der Waals surface area (Å²) in [6.07, 6.45) is -4.79. The van der Waals surface area contributed by atoms with Crippen molar-refractivity contribution in [2.45, 2.75) is 18.6 Å². The summed E-state index contributed by atoms with van der Waals surface area (Å²) >= 11 is 3.05. The van der Waals surface area contributed by atoms with Crippen molar-refractivity contribution in [3.63, 3.8) is 0 Å². The van der Waals surface area contributed by atoms with Crippen LogP contribution in [0.1, 0.15) is 11.3 Å². The van der Waals surface area contributed by atoms with Crippen molar-refractivity contribution >= 4 is 15.9 Å². The van der Waals surface area contributed by atoms with Crippen molar-refractivity contribution < 1.29 is 17.9 Å². The molecule has 0 bridgehead atoms. The molecule has 1 rings (SSSR count). The standard InChI is InChI=1S/C8H7BrF3NO2/c1-4-5(3-9)13-7(14)2-6(4)15-8(10,11)12/h2H,3H2,1H3,(H,13,14). The van der Waals surface area contributed by atoms with Crippen LogP contribution in [0.15, 0.2) is 10.9 Å². The Morgan fingerprint density at radius 2 is 2.13 bits per heavy atom. The molecular formula is C8H7BrF3NO2. The van der Waals surface area contributed by atoms with Crippen molar-refractivity contribution in [1.29, 1.82) is 0 Å². The second-order valence-electron chi connectivity index (χ2n) is 2.78. The van der Waals surface area contributed by atoms with E-state index in [-0.39, 0.29) is 10.9 Å². The van der Waals surface area contributed by atoms with Gasteiger partial charge in [0.15, 0.2) is 0 Å². The summed E-state index contributed by atoms with van der Waals surface area (Å²) in [6.45, 7) is 1.44. The van der Waals surface area contributed by atoms with E-state index >= 15 is 0 Å². The first kappa shape index (κ1) is 12.1. The molecule has 15 heavy (non-hydrogen) atoms. The summed E-state index contributed by atoms with van der Waals surface area (Å²) in [5.41, 5.74) is -0.0140. The Morgan fingerprint density at radius 1 is 1.53 bits per heavy atom. The largest absolute Gasteiger partial charge is 0.573 e. The highest BCUT2D eigenvalue weighted by atomic mass is 79.9. The maximum Gasteiger partial charge on any atom is 0.573 e. The molecule has 0 fully saturated rings. The Labute approximate surface area is 91.4 Å². The molecule has 0 saturated heterocycles. The van der Waals surface area contributed by atoms with Gasteiger partial charge in [-0.15, -0.1) is 13.2 Å². The van der Waals surface area contributed by atoms with Crippen LogP contribution in [0.25, 0.3) is 0 Å². The molecule has 3 nitrogen and oxygen atoms in total. The molecular weight excluding hydrogens is 279 g/mol. The molecule has 84 valence electrons. The zero-order valence-electron chi connectivity index (χ0n) is 7.61. The second kappa shape index (κ2) is 4.26. The highest BCUT2D eigenvalue weighted by molar-refractivity contribution is 9.08. The lowest BCUT2D eigenvalue weighted by Gasteiger charge is -2.12. The molecule has 1 heterocycles. The molecule has 0 atom stereocenters. The number of pyridine rings is 1. The average Bonchev–Trinajstić information content (AvgIpc) is 2.08. The highest BCUT2D eigenvalue weighted by Gasteiger charge is 2.32. The van der Waals surface area contributed by atoms with Gasteiger partial charge in [0.1, 0.15) is 5.75 Å². The summed E-state index contributed by atoms with van der Waals surface area (Å²) in [5, 5.41) is 0.253. The van der Waals surface area contributed by atoms with Gasteiger partial charge in [0.25, 0.3) is 5.56 Å². The molecule has 0 aromatic carbocycles. The van der Waals surface area contributed by atoms with Crippen molar-refractivity contribution in [2.24, 2.45) is 0 Å². The van der Waals surface area contributed by atoms with E-state index in [2.05, 4.69) is 25.7 Å². The number of aromatic amines is 1. The summed E-state index contributed by atoms with van der Waals surface area (Å²) in [7, 11) is 0. The van der Waals surface area contributed by atoms with Crippen molar-refractivity contribution in [1.82, 2.24) is 4.98 Å². The van der Waals surface area contributed by atoms with Crippen molar-refractivity contribution in [2.75, 3.05) is 0 Å². The van der Waals surface area contributed by atoms with Gasteiger partial charge < -0.3 is 9.72 Å². The van der Waals surface area contributed by atoms with Gasteiger partial charge in [-0.1, -0.05) is 15.9 Å². The molecule has 0 aliphatic heterocycles. The van der Waals surface area contributed by atoms with Gasteiger partial charge >= 0.3 is 6.36 Å². The zero-order chi connectivity index (χ0) is 11.6. The molecule has 0 radical (unpaired) electrons. The third-order valence-electron chi connectivity index (χ3n) is 1.72. The molecule has 1 aromatic rings. The number of H-pyrrole nitrogens is 1. The molecule has 0 aliphatic carbocycles. The fourth-order valence-electron chi connectivity index (χ4n) is 1.02. The zero-order valence-corrected chi connectivity index (χ0v) is 9.20.